The van der Waals surface area contributed by atoms with Crippen LogP contribution in [0, 0.1) is 11.8 Å². The summed E-state index contributed by atoms with van der Waals surface area (Å²) in [6, 6.07) is 1.07. The molecule has 2 aliphatic heterocycles. The van der Waals surface area contributed by atoms with Gasteiger partial charge in [-0.15, -0.1) is 0 Å². The van der Waals surface area contributed by atoms with Crippen LogP contribution >= 0.6 is 0 Å². The lowest BCUT2D eigenvalue weighted by molar-refractivity contribution is -0.134. The Bertz CT molecular complexity index is 546. The number of hydrogen-bond donors (Lipinski definition) is 1. The number of carbonyl (C=O) groups is 2. The minimum absolute atomic E-state index is 0.233. The van der Waals surface area contributed by atoms with Crippen molar-refractivity contribution in [3.05, 3.63) is 0 Å². The van der Waals surface area contributed by atoms with Crippen molar-refractivity contribution < 1.29 is 14.3 Å². The Morgan fingerprint density at radius 2 is 1.48 bits per heavy atom. The van der Waals surface area contributed by atoms with E-state index >= 15 is 0 Å². The molecule has 4 fully saturated rings. The molecule has 0 bridgehead atoms. The van der Waals surface area contributed by atoms with Crippen molar-refractivity contribution in [2.24, 2.45) is 11.8 Å². The molecule has 6 heteroatoms. The fourth-order valence-corrected chi connectivity index (χ4v) is 5.50. The average Bonchev–Trinajstić information content (AvgIpc) is 3.63. The van der Waals surface area contributed by atoms with E-state index in [4.69, 9.17) is 4.74 Å². The first kappa shape index (κ1) is 21.1. The number of carbonyl (C=O) groups excluding carboxylic acids is 2. The van der Waals surface area contributed by atoms with Crippen LogP contribution in [0.15, 0.2) is 0 Å². The van der Waals surface area contributed by atoms with Crippen molar-refractivity contribution in [1.29, 1.82) is 0 Å². The van der Waals surface area contributed by atoms with Crippen molar-refractivity contribution in [3.63, 3.8) is 0 Å². The highest BCUT2D eigenvalue weighted by Gasteiger charge is 2.37. The Kier molecular flexibility index (Phi) is 7.46. The molecule has 2 amide bonds. The highest BCUT2D eigenvalue weighted by atomic mass is 16.5. The molecule has 6 nitrogen and oxygen atoms in total. The van der Waals surface area contributed by atoms with Gasteiger partial charge < -0.3 is 15.0 Å². The Hall–Kier alpha value is -1.14. The number of hydrogen-bond acceptors (Lipinski definition) is 4. The Labute approximate surface area is 175 Å². The third-order valence-electron chi connectivity index (χ3n) is 7.48. The highest BCUT2D eigenvalue weighted by molar-refractivity contribution is 5.81. The second kappa shape index (κ2) is 10.3. The molecule has 1 N–H and O–H groups in total. The van der Waals surface area contributed by atoms with Gasteiger partial charge in [-0.3, -0.25) is 14.5 Å². The number of nitrogens with one attached hydrogen (secondary N) is 1. The van der Waals surface area contributed by atoms with Crippen LogP contribution in [0.1, 0.15) is 70.6 Å². The van der Waals surface area contributed by atoms with Crippen LogP contribution in [0.5, 0.6) is 0 Å². The van der Waals surface area contributed by atoms with E-state index in [1.807, 2.05) is 0 Å². The van der Waals surface area contributed by atoms with E-state index in [9.17, 15) is 9.59 Å². The summed E-state index contributed by atoms with van der Waals surface area (Å²) < 4.78 is 5.59. The van der Waals surface area contributed by atoms with Gasteiger partial charge in [0.2, 0.25) is 11.8 Å². The second-order valence-electron chi connectivity index (χ2n) is 9.54. The normalized spacial score (nSPS) is 25.3. The summed E-state index contributed by atoms with van der Waals surface area (Å²) in [6.07, 6.45) is 12.3. The van der Waals surface area contributed by atoms with Gasteiger partial charge in [-0.1, -0.05) is 19.3 Å². The summed E-state index contributed by atoms with van der Waals surface area (Å²) in [5.41, 5.74) is 0. The summed E-state index contributed by atoms with van der Waals surface area (Å²) in [5, 5.41) is 3.23. The van der Waals surface area contributed by atoms with E-state index in [2.05, 4.69) is 15.1 Å². The maximum Gasteiger partial charge on any atom is 0.225 e. The summed E-state index contributed by atoms with van der Waals surface area (Å²) in [4.78, 5) is 29.7. The maximum atomic E-state index is 12.5. The zero-order valence-electron chi connectivity index (χ0n) is 17.9. The number of nitrogens with zero attached hydrogens (tertiary/aromatic N) is 2. The van der Waals surface area contributed by atoms with Gasteiger partial charge in [0, 0.05) is 63.3 Å². The minimum Gasteiger partial charge on any atom is -0.381 e. The van der Waals surface area contributed by atoms with E-state index in [1.54, 1.807) is 0 Å². The lowest BCUT2D eigenvalue weighted by Gasteiger charge is -2.43. The summed E-state index contributed by atoms with van der Waals surface area (Å²) in [6.45, 7) is 5.14. The first-order valence-corrected chi connectivity index (χ1v) is 12.1. The van der Waals surface area contributed by atoms with E-state index < -0.39 is 0 Å². The minimum atomic E-state index is 0.233. The van der Waals surface area contributed by atoms with Crippen LogP contribution in [-0.2, 0) is 14.3 Å². The summed E-state index contributed by atoms with van der Waals surface area (Å²) in [7, 11) is 0. The number of likely N-dealkylation sites (tertiary alicyclic amines) is 1. The van der Waals surface area contributed by atoms with Gasteiger partial charge >= 0.3 is 0 Å². The van der Waals surface area contributed by atoms with E-state index in [1.165, 1.54) is 19.3 Å². The van der Waals surface area contributed by atoms with Crippen LogP contribution in [-0.4, -0.2) is 73.1 Å². The molecule has 0 aromatic carbocycles. The monoisotopic (exact) mass is 405 g/mol. The van der Waals surface area contributed by atoms with E-state index in [-0.39, 0.29) is 11.8 Å². The molecule has 0 spiro atoms. The third-order valence-corrected chi connectivity index (χ3v) is 7.48. The van der Waals surface area contributed by atoms with Crippen molar-refractivity contribution >= 4 is 11.8 Å². The SMILES string of the molecule is O=C(NCCN(C1CCOCC1)C1CCN(C(=O)C2CC2)CC1)C1CCCCC1. The van der Waals surface area contributed by atoms with Gasteiger partial charge in [0.1, 0.15) is 0 Å². The Morgan fingerprint density at radius 3 is 2.14 bits per heavy atom. The van der Waals surface area contributed by atoms with E-state index in [0.29, 0.717) is 23.9 Å². The van der Waals surface area contributed by atoms with Crippen molar-refractivity contribution in [3.8, 4) is 0 Å². The molecule has 0 aromatic rings. The molecule has 2 heterocycles. The molecule has 4 aliphatic rings. The smallest absolute Gasteiger partial charge is 0.225 e. The fraction of sp³-hybridized carbons (Fsp3) is 0.913. The molecular formula is C23H39N3O3. The topological polar surface area (TPSA) is 61.9 Å². The largest absolute Gasteiger partial charge is 0.381 e. The lowest BCUT2D eigenvalue weighted by Crippen LogP contribution is -2.53. The molecule has 2 saturated carbocycles. The Morgan fingerprint density at radius 1 is 0.828 bits per heavy atom. The molecule has 29 heavy (non-hydrogen) atoms. The third kappa shape index (κ3) is 5.72. The van der Waals surface area contributed by atoms with Crippen LogP contribution < -0.4 is 5.32 Å². The van der Waals surface area contributed by atoms with Gasteiger partial charge in [-0.2, -0.15) is 0 Å². The summed E-state index contributed by atoms with van der Waals surface area (Å²) >= 11 is 0. The molecule has 2 aliphatic carbocycles. The number of piperidine rings is 1. The van der Waals surface area contributed by atoms with Gasteiger partial charge in [-0.25, -0.2) is 0 Å². The lowest BCUT2D eigenvalue weighted by atomic mass is 9.89. The molecule has 0 unspecified atom stereocenters. The molecule has 4 rings (SSSR count). The van der Waals surface area contributed by atoms with Gasteiger partial charge in [-0.05, 0) is 51.4 Å². The van der Waals surface area contributed by atoms with Crippen LogP contribution in [0.25, 0.3) is 0 Å². The number of amides is 2. The first-order valence-electron chi connectivity index (χ1n) is 12.1. The molecule has 164 valence electrons. The standard InChI is InChI=1S/C23H39N3O3/c27-22(18-4-2-1-3-5-18)24-12-15-26(21-10-16-29-17-11-21)20-8-13-25(14-9-20)23(28)19-6-7-19/h18-21H,1-17H2,(H,24,27). The quantitative estimate of drug-likeness (QED) is 0.707. The maximum absolute atomic E-state index is 12.5. The fourth-order valence-electron chi connectivity index (χ4n) is 5.50. The van der Waals surface area contributed by atoms with Gasteiger partial charge in [0.05, 0.1) is 0 Å². The molecule has 2 saturated heterocycles. The molecule has 0 radical (unpaired) electrons. The number of rotatable bonds is 7. The zero-order valence-corrected chi connectivity index (χ0v) is 17.9. The van der Waals surface area contributed by atoms with Crippen LogP contribution in [0.2, 0.25) is 0 Å². The van der Waals surface area contributed by atoms with E-state index in [0.717, 1.165) is 90.8 Å². The van der Waals surface area contributed by atoms with Crippen molar-refractivity contribution in [2.45, 2.75) is 82.7 Å². The van der Waals surface area contributed by atoms with Crippen LogP contribution in [0.3, 0.4) is 0 Å². The number of ether oxygens (including phenoxy) is 1. The summed E-state index contributed by atoms with van der Waals surface area (Å²) in [5.74, 6) is 1.22. The second-order valence-corrected chi connectivity index (χ2v) is 9.54. The Balaban J connectivity index is 1.28. The predicted octanol–water partition coefficient (Wildman–Crippen LogP) is 2.56. The molecular weight excluding hydrogens is 366 g/mol. The van der Waals surface area contributed by atoms with Crippen molar-refractivity contribution in [1.82, 2.24) is 15.1 Å². The predicted molar refractivity (Wildman–Crippen MR) is 112 cm³/mol. The first-order chi connectivity index (χ1) is 14.2. The molecule has 0 atom stereocenters. The van der Waals surface area contributed by atoms with Gasteiger partial charge in [0.25, 0.3) is 0 Å². The molecule has 0 aromatic heterocycles. The zero-order chi connectivity index (χ0) is 20.1. The van der Waals surface area contributed by atoms with Crippen molar-refractivity contribution in [2.75, 3.05) is 39.4 Å². The van der Waals surface area contributed by atoms with Crippen LogP contribution in [0.4, 0.5) is 0 Å². The average molecular weight is 406 g/mol. The van der Waals surface area contributed by atoms with Gasteiger partial charge in [0.15, 0.2) is 0 Å². The highest BCUT2D eigenvalue weighted by Crippen LogP contribution is 2.32.